The zero-order valence-electron chi connectivity index (χ0n) is 12.3. The Labute approximate surface area is 127 Å². The normalized spacial score (nSPS) is 13.5. The number of hydrogen-bond acceptors (Lipinski definition) is 3. The summed E-state index contributed by atoms with van der Waals surface area (Å²) >= 11 is 0. The molecule has 0 bridgehead atoms. The van der Waals surface area contributed by atoms with Gasteiger partial charge < -0.3 is 0 Å². The molecule has 4 aromatic rings. The Bertz CT molecular complexity index is 1020. The Morgan fingerprint density at radius 3 is 3.05 bits per heavy atom. The summed E-state index contributed by atoms with van der Waals surface area (Å²) in [5.74, 6) is 0. The molecule has 0 amide bonds. The predicted molar refractivity (Wildman–Crippen MR) is 85.7 cm³/mol. The van der Waals surface area contributed by atoms with Gasteiger partial charge in [0.05, 0.1) is 28.2 Å². The van der Waals surface area contributed by atoms with E-state index in [4.69, 9.17) is 4.98 Å². The van der Waals surface area contributed by atoms with Gasteiger partial charge in [0.2, 0.25) is 0 Å². The molecule has 0 fully saturated rings. The fraction of sp³-hybridized carbons (Fsp3) is 0.235. The summed E-state index contributed by atoms with van der Waals surface area (Å²) in [6, 6.07) is 8.51. The molecule has 1 aliphatic carbocycles. The molecule has 1 aliphatic rings. The van der Waals surface area contributed by atoms with Crippen LogP contribution in [0.3, 0.4) is 0 Å². The molecule has 0 atom stereocenters. The maximum absolute atomic E-state index is 4.92. The molecule has 0 saturated heterocycles. The molecule has 1 N–H and O–H groups in total. The summed E-state index contributed by atoms with van der Waals surface area (Å²) < 4.78 is 1.95. The highest BCUT2D eigenvalue weighted by Gasteiger charge is 2.22. The van der Waals surface area contributed by atoms with Crippen molar-refractivity contribution in [2.24, 2.45) is 0 Å². The molecule has 0 spiro atoms. The highest BCUT2D eigenvalue weighted by Crippen LogP contribution is 2.37. The van der Waals surface area contributed by atoms with Gasteiger partial charge in [-0.3, -0.25) is 5.10 Å². The number of aromatic amines is 1. The molecule has 3 heterocycles. The van der Waals surface area contributed by atoms with E-state index in [0.29, 0.717) is 0 Å². The van der Waals surface area contributed by atoms with Gasteiger partial charge in [0.1, 0.15) is 5.69 Å². The number of nitrogens with one attached hydrogen (secondary N) is 1. The lowest BCUT2D eigenvalue weighted by atomic mass is 10.0. The first-order valence-corrected chi connectivity index (χ1v) is 7.67. The zero-order valence-corrected chi connectivity index (χ0v) is 12.3. The van der Waals surface area contributed by atoms with Crippen molar-refractivity contribution in [1.82, 2.24) is 25.0 Å². The number of hydrogen-bond donors (Lipinski definition) is 1. The summed E-state index contributed by atoms with van der Waals surface area (Å²) in [6.45, 7) is 2.91. The highest BCUT2D eigenvalue weighted by molar-refractivity contribution is 6.08. The van der Waals surface area contributed by atoms with E-state index >= 15 is 0 Å². The van der Waals surface area contributed by atoms with Crippen LogP contribution >= 0.6 is 0 Å². The lowest BCUT2D eigenvalue weighted by molar-refractivity contribution is 0.675. The summed E-state index contributed by atoms with van der Waals surface area (Å²) in [7, 11) is 0. The molecule has 0 unspecified atom stereocenters. The van der Waals surface area contributed by atoms with Gasteiger partial charge in [-0.15, -0.1) is 0 Å². The first-order valence-electron chi connectivity index (χ1n) is 7.67. The van der Waals surface area contributed by atoms with Crippen LogP contribution in [-0.2, 0) is 19.4 Å². The number of benzene rings is 1. The fourth-order valence-corrected chi connectivity index (χ4v) is 3.50. The van der Waals surface area contributed by atoms with Crippen LogP contribution in [0.4, 0.5) is 0 Å². The number of H-pyrrole nitrogens is 1. The smallest absolute Gasteiger partial charge is 0.160 e. The molecule has 5 rings (SSSR count). The molecule has 0 aliphatic heterocycles. The van der Waals surface area contributed by atoms with E-state index < -0.39 is 0 Å². The van der Waals surface area contributed by atoms with Crippen LogP contribution in [0.1, 0.15) is 18.2 Å². The topological polar surface area (TPSA) is 59.4 Å². The molecular weight excluding hydrogens is 274 g/mol. The maximum Gasteiger partial charge on any atom is 0.160 e. The van der Waals surface area contributed by atoms with E-state index in [1.54, 1.807) is 0 Å². The average molecular weight is 289 g/mol. The van der Waals surface area contributed by atoms with E-state index in [9.17, 15) is 0 Å². The Morgan fingerprint density at radius 2 is 2.14 bits per heavy atom. The Balaban J connectivity index is 1.94. The summed E-state index contributed by atoms with van der Waals surface area (Å²) in [6.07, 6.45) is 3.83. The number of nitrogens with zero attached hydrogens (tertiary/aromatic N) is 4. The van der Waals surface area contributed by atoms with Gasteiger partial charge >= 0.3 is 0 Å². The lowest BCUT2D eigenvalue weighted by Crippen LogP contribution is -2.00. The van der Waals surface area contributed by atoms with E-state index in [-0.39, 0.29) is 0 Å². The second-order valence-corrected chi connectivity index (χ2v) is 5.74. The molecule has 108 valence electrons. The van der Waals surface area contributed by atoms with Gasteiger partial charge in [0.25, 0.3) is 0 Å². The molecule has 0 saturated carbocycles. The summed E-state index contributed by atoms with van der Waals surface area (Å²) in [5.41, 5.74) is 6.72. The monoisotopic (exact) mass is 289 g/mol. The third kappa shape index (κ3) is 1.40. The van der Waals surface area contributed by atoms with E-state index in [0.717, 1.165) is 52.7 Å². The summed E-state index contributed by atoms with van der Waals surface area (Å²) in [4.78, 5) is 4.92. The number of rotatable bonds is 1. The van der Waals surface area contributed by atoms with Crippen molar-refractivity contribution in [2.45, 2.75) is 26.3 Å². The van der Waals surface area contributed by atoms with E-state index in [2.05, 4.69) is 46.5 Å². The van der Waals surface area contributed by atoms with Crippen molar-refractivity contribution < 1.29 is 0 Å². The van der Waals surface area contributed by atoms with Crippen molar-refractivity contribution in [2.75, 3.05) is 0 Å². The van der Waals surface area contributed by atoms with Gasteiger partial charge in [0, 0.05) is 12.1 Å². The first kappa shape index (κ1) is 11.9. The van der Waals surface area contributed by atoms with E-state index in [1.807, 2.05) is 10.9 Å². The van der Waals surface area contributed by atoms with Gasteiger partial charge in [0.15, 0.2) is 5.65 Å². The predicted octanol–water partition coefficient (Wildman–Crippen LogP) is 3.09. The van der Waals surface area contributed by atoms with Crippen molar-refractivity contribution in [3.63, 3.8) is 0 Å². The zero-order chi connectivity index (χ0) is 14.7. The average Bonchev–Trinajstić information content (AvgIpc) is 3.12. The molecule has 5 nitrogen and oxygen atoms in total. The highest BCUT2D eigenvalue weighted by atomic mass is 15.3. The van der Waals surface area contributed by atoms with Crippen LogP contribution in [0, 0.1) is 0 Å². The van der Waals surface area contributed by atoms with Crippen molar-refractivity contribution >= 4 is 21.9 Å². The van der Waals surface area contributed by atoms with Gasteiger partial charge in [-0.1, -0.05) is 24.3 Å². The number of pyridine rings is 1. The molecular formula is C17H15N5. The number of aromatic nitrogens is 5. The second kappa shape index (κ2) is 4.16. The van der Waals surface area contributed by atoms with Gasteiger partial charge in [-0.25, -0.2) is 9.67 Å². The van der Waals surface area contributed by atoms with Crippen molar-refractivity contribution in [1.29, 1.82) is 0 Å². The number of fused-ring (bicyclic) bond motifs is 4. The van der Waals surface area contributed by atoms with Crippen LogP contribution in [0.15, 0.2) is 30.5 Å². The van der Waals surface area contributed by atoms with Crippen LogP contribution in [0.5, 0.6) is 0 Å². The molecule has 5 heteroatoms. The molecule has 0 radical (unpaired) electrons. The minimum Gasteiger partial charge on any atom is -0.276 e. The Hall–Kier alpha value is -2.69. The Kier molecular flexibility index (Phi) is 2.25. The van der Waals surface area contributed by atoms with Crippen LogP contribution in [-0.4, -0.2) is 25.0 Å². The largest absolute Gasteiger partial charge is 0.276 e. The Morgan fingerprint density at radius 1 is 1.23 bits per heavy atom. The van der Waals surface area contributed by atoms with Crippen molar-refractivity contribution in [3.05, 3.63) is 41.7 Å². The minimum absolute atomic E-state index is 0.822. The van der Waals surface area contributed by atoms with Crippen LogP contribution in [0.2, 0.25) is 0 Å². The fourth-order valence-electron chi connectivity index (χ4n) is 3.50. The summed E-state index contributed by atoms with van der Waals surface area (Å²) in [5, 5.41) is 14.5. The van der Waals surface area contributed by atoms with Crippen LogP contribution < -0.4 is 0 Å². The first-order chi connectivity index (χ1) is 10.9. The third-order valence-corrected chi connectivity index (χ3v) is 4.58. The quantitative estimate of drug-likeness (QED) is 0.586. The standard InChI is InChI=1S/C17H15N5/c1-2-22-17-12(9-18-22)16-14-13(19-17)8-7-10-5-3-4-6-11(10)15(14)20-21-16/h3-6,9H,2,7-8H2,1H3,(H,20,21). The van der Waals surface area contributed by atoms with Crippen LogP contribution in [0.25, 0.3) is 33.2 Å². The van der Waals surface area contributed by atoms with Gasteiger partial charge in [-0.05, 0) is 25.3 Å². The minimum atomic E-state index is 0.822. The number of aryl methyl sites for hydroxylation is 3. The lowest BCUT2D eigenvalue weighted by Gasteiger charge is -2.03. The molecule has 1 aromatic carbocycles. The second-order valence-electron chi connectivity index (χ2n) is 5.74. The third-order valence-electron chi connectivity index (χ3n) is 4.58. The molecule has 22 heavy (non-hydrogen) atoms. The molecule has 3 aromatic heterocycles. The van der Waals surface area contributed by atoms with Gasteiger partial charge in [-0.2, -0.15) is 10.2 Å². The van der Waals surface area contributed by atoms with E-state index in [1.165, 1.54) is 11.1 Å². The maximum atomic E-state index is 4.92. The SMILES string of the molecule is CCn1ncc2c3[nH]nc4c3c(nc21)CCc1ccccc1-4. The van der Waals surface area contributed by atoms with Crippen molar-refractivity contribution in [3.8, 4) is 11.3 Å².